The van der Waals surface area contributed by atoms with Crippen LogP contribution in [0.4, 0.5) is 0 Å². The average Bonchev–Trinajstić information content (AvgIpc) is 2.74. The molecule has 0 aromatic heterocycles. The first-order valence-electron chi connectivity index (χ1n) is 11.9. The normalized spacial score (nSPS) is 12.6. The Kier molecular flexibility index (Phi) is 10.4. The molecular weight excluding hydrogens is 382 g/mol. The van der Waals surface area contributed by atoms with Gasteiger partial charge in [-0.3, -0.25) is 4.90 Å². The van der Waals surface area contributed by atoms with Gasteiger partial charge in [0.1, 0.15) is 6.61 Å². The zero-order valence-corrected chi connectivity index (χ0v) is 20.8. The topological polar surface area (TPSA) is 21.7 Å². The summed E-state index contributed by atoms with van der Waals surface area (Å²) in [5.41, 5.74) is 4.09. The summed E-state index contributed by atoms with van der Waals surface area (Å²) >= 11 is 0. The molecule has 2 aromatic carbocycles. The van der Waals surface area contributed by atoms with Crippen LogP contribution in [0, 0.1) is 12.8 Å². The van der Waals surface area contributed by atoms with Crippen LogP contribution in [0.25, 0.3) is 0 Å². The molecule has 1 atom stereocenters. The SMILES string of the molecule is COc1cc(CC[C@@H](C)CCc2ccc(C)cc2)ccc1OCCN(C(C)C)C(C)C. The Balaban J connectivity index is 1.82. The molecule has 0 bridgehead atoms. The number of rotatable bonds is 13. The molecule has 0 fully saturated rings. The molecule has 2 rings (SSSR count). The molecule has 3 nitrogen and oxygen atoms in total. The molecule has 172 valence electrons. The van der Waals surface area contributed by atoms with Gasteiger partial charge >= 0.3 is 0 Å². The second-order valence-corrected chi connectivity index (χ2v) is 9.43. The molecule has 0 saturated heterocycles. The summed E-state index contributed by atoms with van der Waals surface area (Å²) in [4.78, 5) is 2.44. The van der Waals surface area contributed by atoms with Crippen molar-refractivity contribution < 1.29 is 9.47 Å². The predicted molar refractivity (Wildman–Crippen MR) is 132 cm³/mol. The molecule has 3 heteroatoms. The third-order valence-corrected chi connectivity index (χ3v) is 6.13. The van der Waals surface area contributed by atoms with E-state index >= 15 is 0 Å². The molecule has 31 heavy (non-hydrogen) atoms. The van der Waals surface area contributed by atoms with Gasteiger partial charge in [0.2, 0.25) is 0 Å². The first-order valence-corrected chi connectivity index (χ1v) is 11.9. The molecule has 0 aliphatic heterocycles. The zero-order chi connectivity index (χ0) is 22.8. The molecule has 0 aliphatic rings. The van der Waals surface area contributed by atoms with Crippen molar-refractivity contribution in [1.82, 2.24) is 4.90 Å². The van der Waals surface area contributed by atoms with Crippen molar-refractivity contribution in [3.05, 3.63) is 59.2 Å². The van der Waals surface area contributed by atoms with E-state index < -0.39 is 0 Å². The highest BCUT2D eigenvalue weighted by Gasteiger charge is 2.14. The summed E-state index contributed by atoms with van der Waals surface area (Å²) in [5.74, 6) is 2.37. The highest BCUT2D eigenvalue weighted by molar-refractivity contribution is 5.43. The Morgan fingerprint density at radius 2 is 1.35 bits per heavy atom. The van der Waals surface area contributed by atoms with Crippen LogP contribution in [0.1, 0.15) is 64.2 Å². The fraction of sp³-hybridized carbons (Fsp3) is 0.571. The number of nitrogens with zero attached hydrogens (tertiary/aromatic N) is 1. The molecule has 0 unspecified atom stereocenters. The Morgan fingerprint density at radius 1 is 0.774 bits per heavy atom. The second kappa shape index (κ2) is 12.8. The fourth-order valence-corrected chi connectivity index (χ4v) is 4.09. The Morgan fingerprint density at radius 3 is 1.94 bits per heavy atom. The number of methoxy groups -OCH3 is 1. The lowest BCUT2D eigenvalue weighted by Gasteiger charge is -2.30. The smallest absolute Gasteiger partial charge is 0.161 e. The highest BCUT2D eigenvalue weighted by atomic mass is 16.5. The first kappa shape index (κ1) is 25.3. The van der Waals surface area contributed by atoms with Crippen LogP contribution in [-0.4, -0.2) is 37.2 Å². The van der Waals surface area contributed by atoms with Crippen molar-refractivity contribution in [2.24, 2.45) is 5.92 Å². The Bertz CT molecular complexity index is 759. The molecule has 0 N–H and O–H groups in total. The van der Waals surface area contributed by atoms with Gasteiger partial charge in [-0.15, -0.1) is 0 Å². The van der Waals surface area contributed by atoms with E-state index in [1.807, 2.05) is 0 Å². The lowest BCUT2D eigenvalue weighted by atomic mass is 9.94. The Labute approximate surface area is 190 Å². The quantitative estimate of drug-likeness (QED) is 0.356. The third-order valence-electron chi connectivity index (χ3n) is 6.13. The van der Waals surface area contributed by atoms with Gasteiger partial charge in [0.25, 0.3) is 0 Å². The maximum Gasteiger partial charge on any atom is 0.161 e. The summed E-state index contributed by atoms with van der Waals surface area (Å²) < 4.78 is 11.7. The van der Waals surface area contributed by atoms with Crippen molar-refractivity contribution in [1.29, 1.82) is 0 Å². The molecule has 2 aromatic rings. The summed E-state index contributed by atoms with van der Waals surface area (Å²) in [6.07, 6.45) is 4.64. The van der Waals surface area contributed by atoms with Crippen LogP contribution >= 0.6 is 0 Å². The van der Waals surface area contributed by atoms with E-state index in [0.717, 1.165) is 30.9 Å². The van der Waals surface area contributed by atoms with Gasteiger partial charge in [-0.25, -0.2) is 0 Å². The van der Waals surface area contributed by atoms with Crippen LogP contribution in [0.3, 0.4) is 0 Å². The summed E-state index contributed by atoms with van der Waals surface area (Å²) in [7, 11) is 1.73. The van der Waals surface area contributed by atoms with Gasteiger partial charge in [0.05, 0.1) is 7.11 Å². The van der Waals surface area contributed by atoms with E-state index in [1.165, 1.54) is 29.5 Å². The van der Waals surface area contributed by atoms with E-state index in [1.54, 1.807) is 7.11 Å². The van der Waals surface area contributed by atoms with Gasteiger partial charge in [0.15, 0.2) is 11.5 Å². The number of ether oxygens (including phenoxy) is 2. The molecule has 0 amide bonds. The molecule has 0 heterocycles. The second-order valence-electron chi connectivity index (χ2n) is 9.43. The average molecular weight is 426 g/mol. The zero-order valence-electron chi connectivity index (χ0n) is 20.8. The fourth-order valence-electron chi connectivity index (χ4n) is 4.09. The maximum absolute atomic E-state index is 6.07. The maximum atomic E-state index is 6.07. The number of aryl methyl sites for hydroxylation is 3. The minimum absolute atomic E-state index is 0.515. The standard InChI is InChI=1S/C28H43NO2/c1-21(2)29(22(3)4)18-19-31-27-17-16-26(20-28(27)30-7)15-11-24(6)10-14-25-12-8-23(5)9-13-25/h8-9,12-13,16-17,20-22,24H,10-11,14-15,18-19H2,1-7H3/t24-/m0/s1. The summed E-state index contributed by atoms with van der Waals surface area (Å²) in [6, 6.07) is 16.4. The predicted octanol–water partition coefficient (Wildman–Crippen LogP) is 6.70. The van der Waals surface area contributed by atoms with Crippen LogP contribution in [-0.2, 0) is 12.8 Å². The number of hydrogen-bond donors (Lipinski definition) is 0. The van der Waals surface area contributed by atoms with Crippen molar-refractivity contribution in [3.8, 4) is 11.5 Å². The monoisotopic (exact) mass is 425 g/mol. The minimum atomic E-state index is 0.515. The van der Waals surface area contributed by atoms with Gasteiger partial charge < -0.3 is 9.47 Å². The van der Waals surface area contributed by atoms with Crippen molar-refractivity contribution in [2.45, 2.75) is 79.3 Å². The lowest BCUT2D eigenvalue weighted by Crippen LogP contribution is -2.39. The van der Waals surface area contributed by atoms with E-state index in [0.29, 0.717) is 24.6 Å². The largest absolute Gasteiger partial charge is 0.493 e. The molecular formula is C28H43NO2. The third kappa shape index (κ3) is 8.57. The Hall–Kier alpha value is -2.00. The van der Waals surface area contributed by atoms with E-state index in [2.05, 4.69) is 88.9 Å². The summed E-state index contributed by atoms with van der Waals surface area (Å²) in [5, 5.41) is 0. The number of hydrogen-bond acceptors (Lipinski definition) is 3. The number of benzene rings is 2. The highest BCUT2D eigenvalue weighted by Crippen LogP contribution is 2.29. The van der Waals surface area contributed by atoms with Crippen LogP contribution in [0.5, 0.6) is 11.5 Å². The van der Waals surface area contributed by atoms with Crippen LogP contribution < -0.4 is 9.47 Å². The molecule has 0 spiro atoms. The van der Waals surface area contributed by atoms with Crippen molar-refractivity contribution >= 4 is 0 Å². The molecule has 0 saturated carbocycles. The van der Waals surface area contributed by atoms with E-state index in [9.17, 15) is 0 Å². The van der Waals surface area contributed by atoms with Gasteiger partial charge in [-0.1, -0.05) is 42.8 Å². The van der Waals surface area contributed by atoms with Gasteiger partial charge in [-0.05, 0) is 89.5 Å². The van der Waals surface area contributed by atoms with E-state index in [-0.39, 0.29) is 0 Å². The lowest BCUT2D eigenvalue weighted by molar-refractivity contribution is 0.140. The van der Waals surface area contributed by atoms with Crippen LogP contribution in [0.2, 0.25) is 0 Å². The molecule has 0 aliphatic carbocycles. The van der Waals surface area contributed by atoms with Crippen molar-refractivity contribution in [3.63, 3.8) is 0 Å². The molecule has 0 radical (unpaired) electrons. The van der Waals surface area contributed by atoms with Crippen molar-refractivity contribution in [2.75, 3.05) is 20.3 Å². The van der Waals surface area contributed by atoms with Gasteiger partial charge in [-0.2, -0.15) is 0 Å². The van der Waals surface area contributed by atoms with Gasteiger partial charge in [0, 0.05) is 18.6 Å². The first-order chi connectivity index (χ1) is 14.8. The van der Waals surface area contributed by atoms with E-state index in [4.69, 9.17) is 9.47 Å². The summed E-state index contributed by atoms with van der Waals surface area (Å²) in [6.45, 7) is 15.0. The minimum Gasteiger partial charge on any atom is -0.493 e. The van der Waals surface area contributed by atoms with Crippen LogP contribution in [0.15, 0.2) is 42.5 Å².